The average molecular weight is 309 g/mol. The van der Waals surface area contributed by atoms with Crippen LogP contribution in [0.1, 0.15) is 24.0 Å². The van der Waals surface area contributed by atoms with Crippen LogP contribution in [-0.2, 0) is 6.54 Å². The quantitative estimate of drug-likeness (QED) is 0.718. The van der Waals surface area contributed by atoms with Gasteiger partial charge in [-0.1, -0.05) is 48.0 Å². The largest absolute Gasteiger partial charge is 0.352 e. The van der Waals surface area contributed by atoms with Crippen LogP contribution in [0.3, 0.4) is 0 Å². The minimum Gasteiger partial charge on any atom is -0.352 e. The van der Waals surface area contributed by atoms with Gasteiger partial charge >= 0.3 is 0 Å². The van der Waals surface area contributed by atoms with Gasteiger partial charge in [-0.15, -0.1) is 0 Å². The van der Waals surface area contributed by atoms with Crippen molar-refractivity contribution in [3.05, 3.63) is 70.3 Å². The van der Waals surface area contributed by atoms with Crippen molar-refractivity contribution in [3.63, 3.8) is 0 Å². The van der Waals surface area contributed by atoms with Gasteiger partial charge in [-0.3, -0.25) is 0 Å². The molecule has 2 aromatic carbocycles. The molecular weight excluding hydrogens is 292 g/mol. The van der Waals surface area contributed by atoms with Crippen LogP contribution in [0, 0.1) is 0 Å². The van der Waals surface area contributed by atoms with Crippen molar-refractivity contribution >= 4 is 29.2 Å². The molecule has 4 rings (SSSR count). The first-order valence-corrected chi connectivity index (χ1v) is 8.06. The van der Waals surface area contributed by atoms with Crippen LogP contribution < -0.4 is 0 Å². The maximum absolute atomic E-state index is 6.30. The smallest absolute Gasteiger partial charge is 0.132 e. The monoisotopic (exact) mass is 308 g/mol. The van der Waals surface area contributed by atoms with Crippen LogP contribution in [-0.4, -0.2) is 17.3 Å². The molecule has 0 radical (unpaired) electrons. The number of piperidine rings is 1. The molecule has 2 aliphatic heterocycles. The van der Waals surface area contributed by atoms with Crippen LogP contribution in [0.2, 0.25) is 5.02 Å². The fourth-order valence-electron chi connectivity index (χ4n) is 3.17. The van der Waals surface area contributed by atoms with E-state index in [9.17, 15) is 0 Å². The molecule has 0 atom stereocenters. The number of amidine groups is 1. The Hall–Kier alpha value is -2.06. The van der Waals surface area contributed by atoms with Gasteiger partial charge in [0.25, 0.3) is 0 Å². The number of aliphatic imine (C=N–C) groups is 1. The molecule has 0 unspecified atom stereocenters. The summed E-state index contributed by atoms with van der Waals surface area (Å²) in [7, 11) is 0. The molecule has 0 aromatic heterocycles. The Balaban J connectivity index is 1.78. The number of hydrogen-bond acceptors (Lipinski definition) is 2. The Bertz CT molecular complexity index is 777. The van der Waals surface area contributed by atoms with E-state index in [-0.39, 0.29) is 0 Å². The second-order valence-corrected chi connectivity index (χ2v) is 6.19. The highest BCUT2D eigenvalue weighted by Crippen LogP contribution is 2.32. The Morgan fingerprint density at radius 3 is 2.77 bits per heavy atom. The number of benzene rings is 2. The third kappa shape index (κ3) is 2.44. The van der Waals surface area contributed by atoms with Gasteiger partial charge in [-0.05, 0) is 47.8 Å². The van der Waals surface area contributed by atoms with Gasteiger partial charge in [0.15, 0.2) is 0 Å². The van der Waals surface area contributed by atoms with Crippen molar-refractivity contribution in [2.24, 2.45) is 4.99 Å². The molecule has 22 heavy (non-hydrogen) atoms. The lowest BCUT2D eigenvalue weighted by Crippen LogP contribution is -2.38. The SMILES string of the molecule is Clc1ccccc1C=C1CCCN2Cc3ccccc3N=C12. The van der Waals surface area contributed by atoms with Crippen LogP contribution in [0.4, 0.5) is 5.69 Å². The fourth-order valence-corrected chi connectivity index (χ4v) is 3.36. The Morgan fingerprint density at radius 2 is 1.86 bits per heavy atom. The van der Waals surface area contributed by atoms with Crippen molar-refractivity contribution in [1.82, 2.24) is 4.90 Å². The van der Waals surface area contributed by atoms with Gasteiger partial charge in [-0.25, -0.2) is 4.99 Å². The second-order valence-electron chi connectivity index (χ2n) is 5.78. The summed E-state index contributed by atoms with van der Waals surface area (Å²) in [4.78, 5) is 7.29. The number of rotatable bonds is 1. The molecule has 0 aliphatic carbocycles. The predicted molar refractivity (Wildman–Crippen MR) is 92.6 cm³/mol. The van der Waals surface area contributed by atoms with Crippen LogP contribution in [0.5, 0.6) is 0 Å². The van der Waals surface area contributed by atoms with Crippen molar-refractivity contribution in [3.8, 4) is 0 Å². The number of fused-ring (bicyclic) bond motifs is 2. The lowest BCUT2D eigenvalue weighted by molar-refractivity contribution is 0.381. The second kappa shape index (κ2) is 5.62. The molecule has 2 aromatic rings. The Morgan fingerprint density at radius 1 is 1.05 bits per heavy atom. The molecule has 2 nitrogen and oxygen atoms in total. The van der Waals surface area contributed by atoms with Crippen LogP contribution >= 0.6 is 11.6 Å². The third-order valence-corrected chi connectivity index (χ3v) is 4.62. The minimum atomic E-state index is 0.795. The molecule has 1 fully saturated rings. The lowest BCUT2D eigenvalue weighted by Gasteiger charge is -2.35. The van der Waals surface area contributed by atoms with E-state index in [1.165, 1.54) is 11.1 Å². The van der Waals surface area contributed by atoms with Crippen molar-refractivity contribution in [1.29, 1.82) is 0 Å². The molecule has 1 saturated heterocycles. The first-order chi connectivity index (χ1) is 10.8. The van der Waals surface area contributed by atoms with Gasteiger partial charge in [0.05, 0.1) is 5.69 Å². The van der Waals surface area contributed by atoms with E-state index in [4.69, 9.17) is 16.6 Å². The molecule has 0 bridgehead atoms. The summed E-state index contributed by atoms with van der Waals surface area (Å²) in [6.07, 6.45) is 4.42. The summed E-state index contributed by atoms with van der Waals surface area (Å²) >= 11 is 6.30. The summed E-state index contributed by atoms with van der Waals surface area (Å²) in [5.74, 6) is 1.12. The van der Waals surface area contributed by atoms with Crippen molar-refractivity contribution < 1.29 is 0 Å². The van der Waals surface area contributed by atoms with E-state index in [2.05, 4.69) is 41.3 Å². The first kappa shape index (κ1) is 13.6. The normalized spacial score (nSPS) is 18.7. The number of halogens is 1. The average Bonchev–Trinajstić information content (AvgIpc) is 2.55. The van der Waals surface area contributed by atoms with Crippen molar-refractivity contribution in [2.75, 3.05) is 6.54 Å². The minimum absolute atomic E-state index is 0.795. The van der Waals surface area contributed by atoms with E-state index < -0.39 is 0 Å². The molecule has 110 valence electrons. The molecular formula is C19H17ClN2. The summed E-state index contributed by atoms with van der Waals surface area (Å²) in [6.45, 7) is 2.03. The van der Waals surface area contributed by atoms with Gasteiger partial charge in [0, 0.05) is 18.1 Å². The number of hydrogen-bond donors (Lipinski definition) is 0. The Labute approximate surface area is 135 Å². The fraction of sp³-hybridized carbons (Fsp3) is 0.211. The summed E-state index contributed by atoms with van der Waals surface area (Å²) in [5.41, 5.74) is 4.77. The lowest BCUT2D eigenvalue weighted by atomic mass is 9.97. The standard InChI is InChI=1S/C19H17ClN2/c20-17-9-3-1-6-14(17)12-15-8-5-11-22-13-16-7-2-4-10-18(16)21-19(15)22/h1-4,6-7,9-10,12H,5,8,11,13H2. The zero-order valence-electron chi connectivity index (χ0n) is 12.3. The van der Waals surface area contributed by atoms with Crippen LogP contribution in [0.15, 0.2) is 59.1 Å². The summed E-state index contributed by atoms with van der Waals surface area (Å²) < 4.78 is 0. The van der Waals surface area contributed by atoms with E-state index >= 15 is 0 Å². The molecule has 0 amide bonds. The summed E-state index contributed by atoms with van der Waals surface area (Å²) in [5, 5.41) is 0.795. The third-order valence-electron chi connectivity index (χ3n) is 4.28. The molecule has 2 heterocycles. The highest BCUT2D eigenvalue weighted by atomic mass is 35.5. The summed E-state index contributed by atoms with van der Waals surface area (Å²) in [6, 6.07) is 16.4. The Kier molecular flexibility index (Phi) is 3.47. The van der Waals surface area contributed by atoms with Gasteiger partial charge in [-0.2, -0.15) is 0 Å². The van der Waals surface area contributed by atoms with Gasteiger partial charge < -0.3 is 4.90 Å². The highest BCUT2D eigenvalue weighted by molar-refractivity contribution is 6.32. The molecule has 3 heteroatoms. The van der Waals surface area contributed by atoms with Crippen LogP contribution in [0.25, 0.3) is 6.08 Å². The maximum Gasteiger partial charge on any atom is 0.132 e. The van der Waals surface area contributed by atoms with E-state index in [1.54, 1.807) is 0 Å². The van der Waals surface area contributed by atoms with E-state index in [0.717, 1.165) is 48.0 Å². The number of para-hydroxylation sites is 1. The number of nitrogens with zero attached hydrogens (tertiary/aromatic N) is 2. The molecule has 0 N–H and O–H groups in total. The maximum atomic E-state index is 6.30. The zero-order chi connectivity index (χ0) is 14.9. The first-order valence-electron chi connectivity index (χ1n) is 7.68. The van der Waals surface area contributed by atoms with Gasteiger partial charge in [0.1, 0.15) is 5.84 Å². The molecule has 0 saturated carbocycles. The molecule has 2 aliphatic rings. The van der Waals surface area contributed by atoms with Gasteiger partial charge in [0.2, 0.25) is 0 Å². The van der Waals surface area contributed by atoms with E-state index in [0.29, 0.717) is 0 Å². The van der Waals surface area contributed by atoms with Crippen molar-refractivity contribution in [2.45, 2.75) is 19.4 Å². The predicted octanol–water partition coefficient (Wildman–Crippen LogP) is 5.06. The van der Waals surface area contributed by atoms with E-state index in [1.807, 2.05) is 18.2 Å². The topological polar surface area (TPSA) is 15.6 Å². The molecule has 0 spiro atoms. The zero-order valence-corrected chi connectivity index (χ0v) is 13.1. The highest BCUT2D eigenvalue weighted by Gasteiger charge is 2.25.